The van der Waals surface area contributed by atoms with Crippen molar-refractivity contribution in [1.29, 1.82) is 0 Å². The minimum absolute atomic E-state index is 0.259. The SMILES string of the molecule is COC(=O)c1cc(-c2ccnc3c2ccn3Sc2ccccc2)n(COCCS(C)(C)C)c1-c1ccc2c(c1)OCCO2. The van der Waals surface area contributed by atoms with E-state index in [0.29, 0.717) is 42.6 Å². The molecule has 6 rings (SSSR count). The van der Waals surface area contributed by atoms with Crippen LogP contribution in [0.4, 0.5) is 0 Å². The highest BCUT2D eigenvalue weighted by atomic mass is 32.3. The lowest BCUT2D eigenvalue weighted by Crippen LogP contribution is -2.15. The molecule has 2 aromatic carbocycles. The van der Waals surface area contributed by atoms with Crippen LogP contribution in [0.1, 0.15) is 10.4 Å². The Bertz CT molecular complexity index is 1760. The molecule has 224 valence electrons. The van der Waals surface area contributed by atoms with E-state index in [-0.39, 0.29) is 6.73 Å². The van der Waals surface area contributed by atoms with Gasteiger partial charge in [0.05, 0.1) is 30.7 Å². The molecule has 0 bridgehead atoms. The number of nitrogens with zero attached hydrogens (tertiary/aromatic N) is 3. The molecule has 1 aliphatic heterocycles. The number of methoxy groups -OCH3 is 1. The normalized spacial score (nSPS) is 13.3. The van der Waals surface area contributed by atoms with Crippen LogP contribution in [0, 0.1) is 0 Å². The Morgan fingerprint density at radius 1 is 1.00 bits per heavy atom. The largest absolute Gasteiger partial charge is 0.486 e. The van der Waals surface area contributed by atoms with Gasteiger partial charge >= 0.3 is 5.97 Å². The highest BCUT2D eigenvalue weighted by molar-refractivity contribution is 8.32. The van der Waals surface area contributed by atoms with Gasteiger partial charge < -0.3 is 23.5 Å². The number of carbonyl (C=O) groups is 1. The lowest BCUT2D eigenvalue weighted by Gasteiger charge is -2.25. The average Bonchev–Trinajstić information content (AvgIpc) is 3.60. The molecule has 0 fully saturated rings. The predicted molar refractivity (Wildman–Crippen MR) is 175 cm³/mol. The average molecular weight is 618 g/mol. The molecule has 5 aromatic rings. The summed E-state index contributed by atoms with van der Waals surface area (Å²) >= 11 is 1.60. The number of ether oxygens (including phenoxy) is 4. The van der Waals surface area contributed by atoms with Gasteiger partial charge in [-0.15, -0.1) is 0 Å². The second-order valence-electron chi connectivity index (χ2n) is 11.0. The molecular weight excluding hydrogens is 583 g/mol. The third-order valence-electron chi connectivity index (χ3n) is 7.16. The van der Waals surface area contributed by atoms with E-state index in [2.05, 4.69) is 45.5 Å². The van der Waals surface area contributed by atoms with Gasteiger partial charge in [0.25, 0.3) is 0 Å². The fraction of sp³-hybridized carbons (Fsp3) is 0.273. The number of benzene rings is 2. The molecule has 10 heteroatoms. The van der Waals surface area contributed by atoms with E-state index in [1.807, 2.05) is 60.9 Å². The van der Waals surface area contributed by atoms with Gasteiger partial charge in [0.1, 0.15) is 19.9 Å². The van der Waals surface area contributed by atoms with Gasteiger partial charge in [-0.2, -0.15) is 0 Å². The number of aromatic nitrogens is 3. The minimum atomic E-state index is -0.730. The van der Waals surface area contributed by atoms with E-state index in [1.54, 1.807) is 11.9 Å². The molecule has 0 atom stereocenters. The first-order chi connectivity index (χ1) is 20.8. The van der Waals surface area contributed by atoms with Crippen LogP contribution in [0.15, 0.2) is 84.0 Å². The number of pyridine rings is 1. The summed E-state index contributed by atoms with van der Waals surface area (Å²) in [7, 11) is 0.674. The van der Waals surface area contributed by atoms with E-state index in [1.165, 1.54) is 7.11 Å². The van der Waals surface area contributed by atoms with Crippen LogP contribution >= 0.6 is 22.0 Å². The summed E-state index contributed by atoms with van der Waals surface area (Å²) in [5.41, 5.74) is 4.56. The number of hydrogen-bond acceptors (Lipinski definition) is 7. The lowest BCUT2D eigenvalue weighted by molar-refractivity contribution is 0.0600. The third kappa shape index (κ3) is 6.27. The van der Waals surface area contributed by atoms with Gasteiger partial charge in [0.2, 0.25) is 0 Å². The Kier molecular flexibility index (Phi) is 8.43. The zero-order chi connectivity index (χ0) is 30.0. The summed E-state index contributed by atoms with van der Waals surface area (Å²) < 4.78 is 27.4. The maximum absolute atomic E-state index is 13.3. The Balaban J connectivity index is 1.49. The number of fused-ring (bicyclic) bond motifs is 2. The first-order valence-electron chi connectivity index (χ1n) is 14.0. The third-order valence-corrected chi connectivity index (χ3v) is 9.52. The van der Waals surface area contributed by atoms with E-state index < -0.39 is 16.0 Å². The van der Waals surface area contributed by atoms with Gasteiger partial charge in [-0.05, 0) is 79.2 Å². The van der Waals surface area contributed by atoms with Crippen molar-refractivity contribution < 1.29 is 23.7 Å². The van der Waals surface area contributed by atoms with Crippen molar-refractivity contribution in [3.63, 3.8) is 0 Å². The summed E-state index contributed by atoms with van der Waals surface area (Å²) in [4.78, 5) is 19.1. The van der Waals surface area contributed by atoms with Crippen LogP contribution in [0.25, 0.3) is 33.5 Å². The molecule has 1 aliphatic rings. The van der Waals surface area contributed by atoms with Gasteiger partial charge in [-0.25, -0.2) is 19.8 Å². The van der Waals surface area contributed by atoms with Crippen molar-refractivity contribution in [2.45, 2.75) is 11.6 Å². The quantitative estimate of drug-likeness (QED) is 0.124. The molecular formula is C33H35N3O5S2. The molecule has 4 heterocycles. The smallest absolute Gasteiger partial charge is 0.340 e. The van der Waals surface area contributed by atoms with E-state index in [9.17, 15) is 4.79 Å². The second-order valence-corrected chi connectivity index (χ2v) is 16.7. The summed E-state index contributed by atoms with van der Waals surface area (Å²) in [5, 5.41) is 0.967. The van der Waals surface area contributed by atoms with Crippen molar-refractivity contribution in [2.75, 3.05) is 51.5 Å². The van der Waals surface area contributed by atoms with Crippen LogP contribution in [0.5, 0.6) is 11.5 Å². The molecule has 0 saturated carbocycles. The highest BCUT2D eigenvalue weighted by Crippen LogP contribution is 2.41. The molecule has 0 aliphatic carbocycles. The summed E-state index contributed by atoms with van der Waals surface area (Å²) in [5.74, 6) is 1.88. The van der Waals surface area contributed by atoms with Crippen LogP contribution in [0.2, 0.25) is 0 Å². The molecule has 0 N–H and O–H groups in total. The summed E-state index contributed by atoms with van der Waals surface area (Å²) in [6.45, 7) is 1.84. The maximum atomic E-state index is 13.3. The maximum Gasteiger partial charge on any atom is 0.340 e. The van der Waals surface area contributed by atoms with E-state index in [0.717, 1.165) is 38.5 Å². The first-order valence-corrected chi connectivity index (χ1v) is 17.8. The van der Waals surface area contributed by atoms with Crippen LogP contribution in [-0.2, 0) is 16.2 Å². The fourth-order valence-electron chi connectivity index (χ4n) is 5.05. The monoisotopic (exact) mass is 617 g/mol. The molecule has 0 amide bonds. The lowest BCUT2D eigenvalue weighted by atomic mass is 10.1. The van der Waals surface area contributed by atoms with Gasteiger partial charge in [-0.3, -0.25) is 3.97 Å². The van der Waals surface area contributed by atoms with E-state index >= 15 is 0 Å². The van der Waals surface area contributed by atoms with Crippen molar-refractivity contribution in [3.8, 4) is 34.0 Å². The molecule has 0 saturated heterocycles. The van der Waals surface area contributed by atoms with Crippen molar-refractivity contribution in [1.82, 2.24) is 13.5 Å². The summed E-state index contributed by atoms with van der Waals surface area (Å²) in [6, 6.07) is 21.9. The van der Waals surface area contributed by atoms with Crippen LogP contribution in [-0.4, -0.2) is 70.9 Å². The van der Waals surface area contributed by atoms with Crippen molar-refractivity contribution >= 4 is 39.0 Å². The number of hydrogen-bond donors (Lipinski definition) is 0. The molecule has 0 spiro atoms. The Labute approximate surface area is 257 Å². The Hall–Kier alpha value is -3.86. The van der Waals surface area contributed by atoms with Gasteiger partial charge in [-0.1, -0.05) is 18.2 Å². The number of carbonyl (C=O) groups excluding carboxylic acids is 1. The molecule has 8 nitrogen and oxygen atoms in total. The number of esters is 1. The fourth-order valence-corrected chi connectivity index (χ4v) is 6.52. The van der Waals surface area contributed by atoms with Crippen molar-refractivity contribution in [2.24, 2.45) is 0 Å². The zero-order valence-corrected chi connectivity index (χ0v) is 26.4. The summed E-state index contributed by atoms with van der Waals surface area (Å²) in [6.07, 6.45) is 10.7. The topological polar surface area (TPSA) is 76.7 Å². The highest BCUT2D eigenvalue weighted by Gasteiger charge is 2.26. The molecule has 3 aromatic heterocycles. The molecule has 0 radical (unpaired) electrons. The molecule has 43 heavy (non-hydrogen) atoms. The van der Waals surface area contributed by atoms with Gasteiger partial charge in [0, 0.05) is 39.6 Å². The minimum Gasteiger partial charge on any atom is -0.486 e. The standard InChI is InChI=1S/C33H35N3O5S2/c1-38-33(37)27-21-28(25-12-14-34-32-26(25)13-15-36(32)42-24-8-6-5-7-9-24)35(22-39-18-19-43(2,3)4)31(27)23-10-11-29-30(20-23)41-17-16-40-29/h5-15,20-21H,16-19,22H2,1-4H3. The zero-order valence-electron chi connectivity index (χ0n) is 24.7. The van der Waals surface area contributed by atoms with Crippen LogP contribution < -0.4 is 9.47 Å². The Morgan fingerprint density at radius 3 is 2.56 bits per heavy atom. The predicted octanol–water partition coefficient (Wildman–Crippen LogP) is 6.95. The Morgan fingerprint density at radius 2 is 1.79 bits per heavy atom. The van der Waals surface area contributed by atoms with Crippen molar-refractivity contribution in [3.05, 3.63) is 84.7 Å². The first kappa shape index (κ1) is 29.2. The van der Waals surface area contributed by atoms with Crippen LogP contribution in [0.3, 0.4) is 0 Å². The van der Waals surface area contributed by atoms with Gasteiger partial charge in [0.15, 0.2) is 17.1 Å². The second kappa shape index (κ2) is 12.4. The number of rotatable bonds is 10. The molecule has 0 unspecified atom stereocenters. The van der Waals surface area contributed by atoms with E-state index in [4.69, 9.17) is 23.9 Å².